The number of aliphatic carboxylic acids is 1. The number of carbonyl (C=O) groups is 1. The Morgan fingerprint density at radius 3 is 2.89 bits per heavy atom. The van der Waals surface area contributed by atoms with E-state index in [2.05, 4.69) is 10.1 Å². The van der Waals surface area contributed by atoms with Gasteiger partial charge in [-0.2, -0.15) is 5.10 Å². The highest BCUT2D eigenvalue weighted by Gasteiger charge is 2.06. The standard InChI is InChI=1S/C12H12FN3O2/c13-10-6-9(2-1-3-12(17)18)4-5-11(10)16-8-14-7-15-16/h4-8H,1-3H2,(H,17,18). The third-order valence-electron chi connectivity index (χ3n) is 2.53. The minimum Gasteiger partial charge on any atom is -0.481 e. The van der Waals surface area contributed by atoms with E-state index in [1.807, 2.05) is 0 Å². The lowest BCUT2D eigenvalue weighted by atomic mass is 10.1. The third-order valence-corrected chi connectivity index (χ3v) is 2.53. The molecule has 5 nitrogen and oxygen atoms in total. The van der Waals surface area contributed by atoms with Crippen LogP contribution in [0.2, 0.25) is 0 Å². The van der Waals surface area contributed by atoms with Gasteiger partial charge in [-0.1, -0.05) is 6.07 Å². The average molecular weight is 249 g/mol. The fraction of sp³-hybridized carbons (Fsp3) is 0.250. The second-order valence-electron chi connectivity index (χ2n) is 3.87. The molecule has 0 saturated carbocycles. The van der Waals surface area contributed by atoms with Crippen LogP contribution in [0.3, 0.4) is 0 Å². The molecular formula is C12H12FN3O2. The van der Waals surface area contributed by atoms with E-state index in [4.69, 9.17) is 5.11 Å². The molecule has 1 N–H and O–H groups in total. The van der Waals surface area contributed by atoms with Crippen LogP contribution in [0.1, 0.15) is 18.4 Å². The van der Waals surface area contributed by atoms with Gasteiger partial charge in [-0.3, -0.25) is 4.79 Å². The lowest BCUT2D eigenvalue weighted by Crippen LogP contribution is -2.00. The second kappa shape index (κ2) is 5.39. The van der Waals surface area contributed by atoms with Gasteiger partial charge in [-0.15, -0.1) is 0 Å². The lowest BCUT2D eigenvalue weighted by molar-refractivity contribution is -0.137. The number of rotatable bonds is 5. The van der Waals surface area contributed by atoms with Gasteiger partial charge >= 0.3 is 5.97 Å². The largest absolute Gasteiger partial charge is 0.481 e. The van der Waals surface area contributed by atoms with E-state index in [-0.39, 0.29) is 6.42 Å². The monoisotopic (exact) mass is 249 g/mol. The molecule has 0 aliphatic rings. The van der Waals surface area contributed by atoms with Gasteiger partial charge in [-0.05, 0) is 30.5 Å². The summed E-state index contributed by atoms with van der Waals surface area (Å²) in [5.41, 5.74) is 1.10. The molecule has 1 aromatic heterocycles. The van der Waals surface area contributed by atoms with Crippen molar-refractivity contribution < 1.29 is 14.3 Å². The maximum Gasteiger partial charge on any atom is 0.303 e. The van der Waals surface area contributed by atoms with Crippen LogP contribution in [0.25, 0.3) is 5.69 Å². The summed E-state index contributed by atoms with van der Waals surface area (Å²) in [7, 11) is 0. The maximum absolute atomic E-state index is 13.8. The van der Waals surface area contributed by atoms with Gasteiger partial charge in [0.2, 0.25) is 0 Å². The van der Waals surface area contributed by atoms with E-state index < -0.39 is 11.8 Å². The Balaban J connectivity index is 2.08. The van der Waals surface area contributed by atoms with Crippen LogP contribution in [0.5, 0.6) is 0 Å². The van der Waals surface area contributed by atoms with Crippen LogP contribution in [0.15, 0.2) is 30.9 Å². The highest BCUT2D eigenvalue weighted by atomic mass is 19.1. The number of nitrogens with zero attached hydrogens (tertiary/aromatic N) is 3. The molecule has 0 aliphatic carbocycles. The molecule has 0 amide bonds. The fourth-order valence-electron chi connectivity index (χ4n) is 1.67. The Morgan fingerprint density at radius 1 is 1.44 bits per heavy atom. The number of hydrogen-bond donors (Lipinski definition) is 1. The molecule has 2 aromatic rings. The van der Waals surface area contributed by atoms with Crippen molar-refractivity contribution in [3.63, 3.8) is 0 Å². The molecule has 0 bridgehead atoms. The number of carboxylic acid groups (broad SMARTS) is 1. The lowest BCUT2D eigenvalue weighted by Gasteiger charge is -2.05. The smallest absolute Gasteiger partial charge is 0.303 e. The summed E-state index contributed by atoms with van der Waals surface area (Å²) < 4.78 is 15.1. The highest BCUT2D eigenvalue weighted by molar-refractivity contribution is 5.66. The fourth-order valence-corrected chi connectivity index (χ4v) is 1.67. The van der Waals surface area contributed by atoms with Crippen molar-refractivity contribution in [2.75, 3.05) is 0 Å². The van der Waals surface area contributed by atoms with Crippen molar-refractivity contribution >= 4 is 5.97 Å². The summed E-state index contributed by atoms with van der Waals surface area (Å²) in [6.07, 6.45) is 3.88. The van der Waals surface area contributed by atoms with Crippen molar-refractivity contribution in [2.24, 2.45) is 0 Å². The molecule has 1 heterocycles. The third kappa shape index (κ3) is 2.91. The number of carboxylic acids is 1. The van der Waals surface area contributed by atoms with Crippen molar-refractivity contribution in [1.29, 1.82) is 0 Å². The zero-order valence-electron chi connectivity index (χ0n) is 9.58. The van der Waals surface area contributed by atoms with Gasteiger partial charge in [0.05, 0.1) is 0 Å². The summed E-state index contributed by atoms with van der Waals surface area (Å²) in [4.78, 5) is 14.1. The summed E-state index contributed by atoms with van der Waals surface area (Å²) in [6.45, 7) is 0. The molecule has 0 atom stereocenters. The van der Waals surface area contributed by atoms with E-state index in [1.54, 1.807) is 12.1 Å². The number of hydrogen-bond acceptors (Lipinski definition) is 3. The van der Waals surface area contributed by atoms with Gasteiger partial charge in [0.15, 0.2) is 0 Å². The summed E-state index contributed by atoms with van der Waals surface area (Å²) in [5, 5.41) is 12.4. The first-order valence-corrected chi connectivity index (χ1v) is 5.52. The topological polar surface area (TPSA) is 68.0 Å². The summed E-state index contributed by atoms with van der Waals surface area (Å²) in [6, 6.07) is 4.78. The van der Waals surface area contributed by atoms with Crippen LogP contribution in [-0.2, 0) is 11.2 Å². The Kier molecular flexibility index (Phi) is 3.66. The zero-order chi connectivity index (χ0) is 13.0. The minimum absolute atomic E-state index is 0.0897. The Labute approximate surface area is 103 Å². The van der Waals surface area contributed by atoms with Crippen molar-refractivity contribution in [1.82, 2.24) is 14.8 Å². The van der Waals surface area contributed by atoms with Crippen molar-refractivity contribution in [2.45, 2.75) is 19.3 Å². The van der Waals surface area contributed by atoms with Crippen LogP contribution in [0.4, 0.5) is 4.39 Å². The summed E-state index contributed by atoms with van der Waals surface area (Å²) in [5.74, 6) is -1.23. The molecule has 94 valence electrons. The SMILES string of the molecule is O=C(O)CCCc1ccc(-n2cncn2)c(F)c1. The van der Waals surface area contributed by atoms with Gasteiger partial charge in [0, 0.05) is 6.42 Å². The second-order valence-corrected chi connectivity index (χ2v) is 3.87. The van der Waals surface area contributed by atoms with Crippen LogP contribution < -0.4 is 0 Å². The quantitative estimate of drug-likeness (QED) is 0.877. The number of aromatic nitrogens is 3. The van der Waals surface area contributed by atoms with E-state index in [0.29, 0.717) is 18.5 Å². The minimum atomic E-state index is -0.838. The molecule has 0 unspecified atom stereocenters. The number of benzene rings is 1. The predicted molar refractivity (Wildman–Crippen MR) is 61.9 cm³/mol. The van der Waals surface area contributed by atoms with Gasteiger partial charge in [-0.25, -0.2) is 14.1 Å². The van der Waals surface area contributed by atoms with Crippen molar-refractivity contribution in [3.8, 4) is 5.69 Å². The zero-order valence-corrected chi connectivity index (χ0v) is 9.58. The molecule has 18 heavy (non-hydrogen) atoms. The van der Waals surface area contributed by atoms with E-state index in [1.165, 1.54) is 23.4 Å². The molecule has 0 saturated heterocycles. The van der Waals surface area contributed by atoms with Crippen LogP contribution in [0, 0.1) is 5.82 Å². The van der Waals surface area contributed by atoms with Gasteiger partial charge in [0.1, 0.15) is 24.2 Å². The maximum atomic E-state index is 13.8. The first-order chi connectivity index (χ1) is 8.66. The molecular weight excluding hydrogens is 237 g/mol. The molecule has 0 aliphatic heterocycles. The van der Waals surface area contributed by atoms with E-state index in [9.17, 15) is 9.18 Å². The first-order valence-electron chi connectivity index (χ1n) is 5.52. The van der Waals surface area contributed by atoms with E-state index >= 15 is 0 Å². The van der Waals surface area contributed by atoms with Gasteiger partial charge in [0.25, 0.3) is 0 Å². The Bertz CT molecular complexity index is 540. The molecule has 0 spiro atoms. The predicted octanol–water partition coefficient (Wildman–Crippen LogP) is 1.81. The molecule has 6 heteroatoms. The number of halogens is 1. The molecule has 1 aromatic carbocycles. The average Bonchev–Trinajstić information content (AvgIpc) is 2.82. The normalized spacial score (nSPS) is 10.5. The molecule has 0 fully saturated rings. The van der Waals surface area contributed by atoms with Crippen LogP contribution in [-0.4, -0.2) is 25.8 Å². The van der Waals surface area contributed by atoms with Crippen LogP contribution >= 0.6 is 0 Å². The first kappa shape index (κ1) is 12.2. The van der Waals surface area contributed by atoms with E-state index in [0.717, 1.165) is 5.56 Å². The Morgan fingerprint density at radius 2 is 2.28 bits per heavy atom. The number of aryl methyl sites for hydroxylation is 1. The van der Waals surface area contributed by atoms with Crippen molar-refractivity contribution in [3.05, 3.63) is 42.2 Å². The van der Waals surface area contributed by atoms with Gasteiger partial charge < -0.3 is 5.11 Å². The highest BCUT2D eigenvalue weighted by Crippen LogP contribution is 2.15. The molecule has 0 radical (unpaired) electrons. The summed E-state index contributed by atoms with van der Waals surface area (Å²) >= 11 is 0. The Hall–Kier alpha value is -2.24. The molecule has 2 rings (SSSR count).